The molecule has 2 unspecified atom stereocenters. The zero-order valence-corrected chi connectivity index (χ0v) is 12.8. The maximum atomic E-state index is 12.8. The molecule has 1 fully saturated rings. The van der Waals surface area contributed by atoms with E-state index in [0.29, 0.717) is 13.0 Å². The van der Waals surface area contributed by atoms with Crippen molar-refractivity contribution in [3.05, 3.63) is 34.7 Å². The minimum atomic E-state index is -0.814. The lowest BCUT2D eigenvalue weighted by atomic mass is 10.0. The first-order valence-corrected chi connectivity index (χ1v) is 7.84. The third kappa shape index (κ3) is 2.21. The summed E-state index contributed by atoms with van der Waals surface area (Å²) in [7, 11) is 0. The van der Waals surface area contributed by atoms with Crippen LogP contribution in [-0.2, 0) is 4.79 Å². The summed E-state index contributed by atoms with van der Waals surface area (Å²) in [5.41, 5.74) is 0.992. The molecule has 110 valence electrons. The third-order valence-electron chi connectivity index (χ3n) is 4.37. The fourth-order valence-corrected chi connectivity index (χ4v) is 4.23. The van der Waals surface area contributed by atoms with Crippen molar-refractivity contribution in [2.45, 2.75) is 26.3 Å². The summed E-state index contributed by atoms with van der Waals surface area (Å²) in [5.74, 6) is -1.31. The van der Waals surface area contributed by atoms with Gasteiger partial charge in [0.25, 0.3) is 5.91 Å². The molecule has 1 aromatic carbocycles. The number of hydrogen-bond donors (Lipinski definition) is 1. The van der Waals surface area contributed by atoms with Crippen LogP contribution in [0.15, 0.2) is 24.3 Å². The second kappa shape index (κ2) is 5.15. The molecule has 1 N–H and O–H groups in total. The predicted molar refractivity (Wildman–Crippen MR) is 82.8 cm³/mol. The molecule has 0 spiro atoms. The van der Waals surface area contributed by atoms with E-state index >= 15 is 0 Å². The molecule has 3 rings (SSSR count). The SMILES string of the molecule is Cc1c(C(=O)N2CCC(C(=O)O)C2C)sc2ccccc12. The Morgan fingerprint density at radius 2 is 2.05 bits per heavy atom. The number of likely N-dealkylation sites (tertiary alicyclic amines) is 1. The summed E-state index contributed by atoms with van der Waals surface area (Å²) in [5, 5.41) is 10.3. The lowest BCUT2D eigenvalue weighted by molar-refractivity contribution is -0.142. The van der Waals surface area contributed by atoms with Crippen LogP contribution in [0.1, 0.15) is 28.6 Å². The van der Waals surface area contributed by atoms with E-state index in [9.17, 15) is 14.7 Å². The summed E-state index contributed by atoms with van der Waals surface area (Å²) in [6.45, 7) is 4.30. The fraction of sp³-hybridized carbons (Fsp3) is 0.375. The minimum Gasteiger partial charge on any atom is -0.481 e. The van der Waals surface area contributed by atoms with Gasteiger partial charge in [0, 0.05) is 17.3 Å². The summed E-state index contributed by atoms with van der Waals surface area (Å²) in [6, 6.07) is 7.71. The van der Waals surface area contributed by atoms with Gasteiger partial charge in [-0.3, -0.25) is 9.59 Å². The number of aliphatic carboxylic acids is 1. The van der Waals surface area contributed by atoms with Crippen molar-refractivity contribution in [1.82, 2.24) is 4.90 Å². The van der Waals surface area contributed by atoms with Crippen LogP contribution in [0.2, 0.25) is 0 Å². The number of nitrogens with zero attached hydrogens (tertiary/aromatic N) is 1. The van der Waals surface area contributed by atoms with Crippen LogP contribution in [0.3, 0.4) is 0 Å². The number of aryl methyl sites for hydroxylation is 1. The molecule has 4 nitrogen and oxygen atoms in total. The van der Waals surface area contributed by atoms with Gasteiger partial charge in [0.2, 0.25) is 0 Å². The van der Waals surface area contributed by atoms with Crippen molar-refractivity contribution in [3.8, 4) is 0 Å². The van der Waals surface area contributed by atoms with Gasteiger partial charge in [-0.1, -0.05) is 18.2 Å². The van der Waals surface area contributed by atoms with Crippen molar-refractivity contribution in [2.24, 2.45) is 5.92 Å². The number of carbonyl (C=O) groups excluding carboxylic acids is 1. The molecule has 0 saturated carbocycles. The van der Waals surface area contributed by atoms with E-state index in [-0.39, 0.29) is 11.9 Å². The van der Waals surface area contributed by atoms with Gasteiger partial charge in [-0.25, -0.2) is 0 Å². The standard InChI is InChI=1S/C16H17NO3S/c1-9-11-5-3-4-6-13(11)21-14(9)15(18)17-8-7-12(10(17)2)16(19)20/h3-6,10,12H,7-8H2,1-2H3,(H,19,20). The molecular weight excluding hydrogens is 286 g/mol. The number of amides is 1. The largest absolute Gasteiger partial charge is 0.481 e. The highest BCUT2D eigenvalue weighted by molar-refractivity contribution is 7.21. The molecule has 0 radical (unpaired) electrons. The Labute approximate surface area is 127 Å². The van der Waals surface area contributed by atoms with E-state index in [1.54, 1.807) is 4.90 Å². The minimum absolute atomic E-state index is 0.0371. The fourth-order valence-electron chi connectivity index (χ4n) is 3.07. The first-order valence-electron chi connectivity index (χ1n) is 7.02. The highest BCUT2D eigenvalue weighted by atomic mass is 32.1. The Kier molecular flexibility index (Phi) is 3.45. The van der Waals surface area contributed by atoms with E-state index in [0.717, 1.165) is 20.5 Å². The average molecular weight is 303 g/mol. The van der Waals surface area contributed by atoms with Crippen LogP contribution in [0.5, 0.6) is 0 Å². The number of benzene rings is 1. The van der Waals surface area contributed by atoms with Crippen LogP contribution in [0.25, 0.3) is 10.1 Å². The molecule has 2 heterocycles. The van der Waals surface area contributed by atoms with E-state index < -0.39 is 11.9 Å². The van der Waals surface area contributed by atoms with Crippen molar-refractivity contribution in [1.29, 1.82) is 0 Å². The van der Waals surface area contributed by atoms with Gasteiger partial charge in [0.05, 0.1) is 10.8 Å². The first kappa shape index (κ1) is 14.1. The van der Waals surface area contributed by atoms with Crippen molar-refractivity contribution < 1.29 is 14.7 Å². The first-order chi connectivity index (χ1) is 10.0. The predicted octanol–water partition coefficient (Wildman–Crippen LogP) is 3.14. The smallest absolute Gasteiger partial charge is 0.308 e. The maximum Gasteiger partial charge on any atom is 0.308 e. The van der Waals surface area contributed by atoms with Gasteiger partial charge in [0.1, 0.15) is 0 Å². The lowest BCUT2D eigenvalue weighted by Crippen LogP contribution is -2.37. The van der Waals surface area contributed by atoms with Crippen LogP contribution in [0, 0.1) is 12.8 Å². The van der Waals surface area contributed by atoms with Gasteiger partial charge in [-0.2, -0.15) is 0 Å². The Hall–Kier alpha value is -1.88. The van der Waals surface area contributed by atoms with E-state index in [4.69, 9.17) is 0 Å². The molecule has 21 heavy (non-hydrogen) atoms. The second-order valence-electron chi connectivity index (χ2n) is 5.52. The van der Waals surface area contributed by atoms with Crippen LogP contribution >= 0.6 is 11.3 Å². The average Bonchev–Trinajstić information content (AvgIpc) is 3.00. The normalized spacial score (nSPS) is 21.9. The zero-order chi connectivity index (χ0) is 15.1. The number of carbonyl (C=O) groups is 2. The van der Waals surface area contributed by atoms with Crippen molar-refractivity contribution in [3.63, 3.8) is 0 Å². The van der Waals surface area contributed by atoms with Gasteiger partial charge < -0.3 is 10.0 Å². The number of carboxylic acid groups (broad SMARTS) is 1. The van der Waals surface area contributed by atoms with Gasteiger partial charge >= 0.3 is 5.97 Å². The molecule has 1 saturated heterocycles. The molecular formula is C16H17NO3S. The highest BCUT2D eigenvalue weighted by Gasteiger charge is 2.39. The van der Waals surface area contributed by atoms with Crippen molar-refractivity contribution >= 4 is 33.3 Å². The van der Waals surface area contributed by atoms with E-state index in [2.05, 4.69) is 0 Å². The van der Waals surface area contributed by atoms with E-state index in [1.807, 2.05) is 38.1 Å². The van der Waals surface area contributed by atoms with E-state index in [1.165, 1.54) is 11.3 Å². The Morgan fingerprint density at radius 1 is 1.33 bits per heavy atom. The molecule has 1 aliphatic heterocycles. The highest BCUT2D eigenvalue weighted by Crippen LogP contribution is 2.34. The maximum absolute atomic E-state index is 12.8. The number of rotatable bonds is 2. The van der Waals surface area contributed by atoms with Crippen LogP contribution < -0.4 is 0 Å². The summed E-state index contributed by atoms with van der Waals surface area (Å²) in [4.78, 5) is 26.4. The molecule has 1 aliphatic rings. The lowest BCUT2D eigenvalue weighted by Gasteiger charge is -2.23. The number of fused-ring (bicyclic) bond motifs is 1. The topological polar surface area (TPSA) is 57.6 Å². The monoisotopic (exact) mass is 303 g/mol. The molecule has 2 atom stereocenters. The van der Waals surface area contributed by atoms with Gasteiger partial charge in [-0.15, -0.1) is 11.3 Å². The second-order valence-corrected chi connectivity index (χ2v) is 6.58. The molecule has 1 amide bonds. The number of carboxylic acids is 1. The van der Waals surface area contributed by atoms with Crippen molar-refractivity contribution in [2.75, 3.05) is 6.54 Å². The van der Waals surface area contributed by atoms with Crippen LogP contribution in [0.4, 0.5) is 0 Å². The molecule has 0 bridgehead atoms. The summed E-state index contributed by atoms with van der Waals surface area (Å²) in [6.07, 6.45) is 0.534. The molecule has 5 heteroatoms. The molecule has 1 aromatic heterocycles. The number of hydrogen-bond acceptors (Lipinski definition) is 3. The van der Waals surface area contributed by atoms with Gasteiger partial charge in [0.15, 0.2) is 0 Å². The third-order valence-corrected chi connectivity index (χ3v) is 5.63. The summed E-state index contributed by atoms with van der Waals surface area (Å²) < 4.78 is 1.10. The Morgan fingerprint density at radius 3 is 2.67 bits per heavy atom. The molecule has 0 aliphatic carbocycles. The Bertz CT molecular complexity index is 721. The quantitative estimate of drug-likeness (QED) is 0.927. The number of thiophene rings is 1. The van der Waals surface area contributed by atoms with Crippen LogP contribution in [-0.4, -0.2) is 34.5 Å². The Balaban J connectivity index is 1.94. The zero-order valence-electron chi connectivity index (χ0n) is 12.0. The molecule has 2 aromatic rings. The summed E-state index contributed by atoms with van der Waals surface area (Å²) >= 11 is 1.49. The van der Waals surface area contributed by atoms with Gasteiger partial charge in [-0.05, 0) is 37.3 Å².